The van der Waals surface area contributed by atoms with Gasteiger partial charge in [0.25, 0.3) is 0 Å². The summed E-state index contributed by atoms with van der Waals surface area (Å²) in [5.41, 5.74) is 7.28. The standard InChI is InChI=1S/C17H18N2O4S.ClH/c18-15-10-19(9-14(15)12-4-2-1-3-5-12)24(20,21)13-6-7-16-17(8-13)23-11-22-16;/h1-8,14-15H,9-11,18H2;1H/t14-,15+;/m0./s1. The Kier molecular flexibility index (Phi) is 4.92. The number of benzene rings is 2. The van der Waals surface area contributed by atoms with Crippen molar-refractivity contribution in [3.63, 3.8) is 0 Å². The second kappa shape index (κ2) is 6.84. The zero-order valence-electron chi connectivity index (χ0n) is 13.4. The Morgan fingerprint density at radius 1 is 1.00 bits per heavy atom. The Labute approximate surface area is 153 Å². The van der Waals surface area contributed by atoms with Crippen LogP contribution in [0.2, 0.25) is 0 Å². The number of fused-ring (bicyclic) bond motifs is 1. The van der Waals surface area contributed by atoms with Crippen LogP contribution in [0.4, 0.5) is 0 Å². The third kappa shape index (κ3) is 3.20. The minimum absolute atomic E-state index is 0. The van der Waals surface area contributed by atoms with E-state index in [0.717, 1.165) is 5.56 Å². The fourth-order valence-corrected chi connectivity index (χ4v) is 4.75. The highest BCUT2D eigenvalue weighted by molar-refractivity contribution is 7.89. The number of rotatable bonds is 3. The quantitative estimate of drug-likeness (QED) is 0.877. The summed E-state index contributed by atoms with van der Waals surface area (Å²) in [5.74, 6) is 1.02. The van der Waals surface area contributed by atoms with Crippen LogP contribution in [0.15, 0.2) is 53.4 Å². The van der Waals surface area contributed by atoms with Crippen molar-refractivity contribution in [3.05, 3.63) is 54.1 Å². The second-order valence-corrected chi connectivity index (χ2v) is 7.96. The Morgan fingerprint density at radius 3 is 2.48 bits per heavy atom. The van der Waals surface area contributed by atoms with Gasteiger partial charge < -0.3 is 15.2 Å². The van der Waals surface area contributed by atoms with Gasteiger partial charge >= 0.3 is 0 Å². The fraction of sp³-hybridized carbons (Fsp3) is 0.294. The zero-order chi connectivity index (χ0) is 16.7. The van der Waals surface area contributed by atoms with Gasteiger partial charge in [-0.25, -0.2) is 8.42 Å². The number of hydrogen-bond acceptors (Lipinski definition) is 5. The van der Waals surface area contributed by atoms with E-state index in [1.165, 1.54) is 10.4 Å². The van der Waals surface area contributed by atoms with Gasteiger partial charge in [0.05, 0.1) is 4.90 Å². The van der Waals surface area contributed by atoms with Crippen LogP contribution in [-0.4, -0.2) is 38.6 Å². The van der Waals surface area contributed by atoms with E-state index in [4.69, 9.17) is 15.2 Å². The first-order chi connectivity index (χ1) is 11.6. The molecule has 0 aliphatic carbocycles. The average Bonchev–Trinajstić information content (AvgIpc) is 3.21. The third-order valence-electron chi connectivity index (χ3n) is 4.54. The van der Waals surface area contributed by atoms with Crippen LogP contribution in [-0.2, 0) is 10.0 Å². The predicted octanol–water partition coefficient (Wildman–Crippen LogP) is 1.95. The molecule has 2 atom stereocenters. The van der Waals surface area contributed by atoms with Crippen LogP contribution in [0.3, 0.4) is 0 Å². The van der Waals surface area contributed by atoms with Crippen molar-refractivity contribution in [3.8, 4) is 11.5 Å². The molecule has 0 radical (unpaired) electrons. The normalized spacial score (nSPS) is 22.6. The molecular formula is C17H19ClN2O4S. The molecule has 1 fully saturated rings. The summed E-state index contributed by atoms with van der Waals surface area (Å²) in [6.45, 7) is 0.793. The van der Waals surface area contributed by atoms with Crippen LogP contribution < -0.4 is 15.2 Å². The molecule has 2 N–H and O–H groups in total. The highest BCUT2D eigenvalue weighted by atomic mass is 35.5. The molecule has 6 nitrogen and oxygen atoms in total. The monoisotopic (exact) mass is 382 g/mol. The highest BCUT2D eigenvalue weighted by Gasteiger charge is 2.38. The number of ether oxygens (including phenoxy) is 2. The van der Waals surface area contributed by atoms with Gasteiger partial charge in [0, 0.05) is 31.1 Å². The maximum absolute atomic E-state index is 12.9. The molecule has 4 rings (SSSR count). The van der Waals surface area contributed by atoms with Crippen molar-refractivity contribution < 1.29 is 17.9 Å². The van der Waals surface area contributed by atoms with Gasteiger partial charge in [0.2, 0.25) is 16.8 Å². The van der Waals surface area contributed by atoms with Crippen molar-refractivity contribution in [1.29, 1.82) is 0 Å². The molecule has 0 unspecified atom stereocenters. The summed E-state index contributed by atoms with van der Waals surface area (Å²) >= 11 is 0. The van der Waals surface area contributed by atoms with Crippen LogP contribution >= 0.6 is 12.4 Å². The summed E-state index contributed by atoms with van der Waals surface area (Å²) < 4.78 is 37.8. The van der Waals surface area contributed by atoms with E-state index >= 15 is 0 Å². The van der Waals surface area contributed by atoms with Gasteiger partial charge in [-0.15, -0.1) is 12.4 Å². The van der Waals surface area contributed by atoms with Crippen LogP contribution in [0.25, 0.3) is 0 Å². The van der Waals surface area contributed by atoms with E-state index < -0.39 is 10.0 Å². The third-order valence-corrected chi connectivity index (χ3v) is 6.37. The summed E-state index contributed by atoms with van der Waals surface area (Å²) in [6.07, 6.45) is 0. The van der Waals surface area contributed by atoms with Crippen LogP contribution in [0, 0.1) is 0 Å². The molecule has 2 aliphatic heterocycles. The first-order valence-corrected chi connectivity index (χ1v) is 9.20. The number of nitrogens with zero attached hydrogens (tertiary/aromatic N) is 1. The molecule has 8 heteroatoms. The van der Waals surface area contributed by atoms with E-state index in [9.17, 15) is 8.42 Å². The molecule has 2 heterocycles. The number of halogens is 1. The van der Waals surface area contributed by atoms with E-state index in [1.807, 2.05) is 30.3 Å². The SMILES string of the molecule is Cl.N[C@@H]1CN(S(=O)(=O)c2ccc3c(c2)OCO3)C[C@H]1c1ccccc1. The van der Waals surface area contributed by atoms with Crippen molar-refractivity contribution in [2.75, 3.05) is 19.9 Å². The molecule has 1 saturated heterocycles. The maximum Gasteiger partial charge on any atom is 0.243 e. The van der Waals surface area contributed by atoms with Crippen LogP contribution in [0.1, 0.15) is 11.5 Å². The molecule has 25 heavy (non-hydrogen) atoms. The Morgan fingerprint density at radius 2 is 1.72 bits per heavy atom. The lowest BCUT2D eigenvalue weighted by atomic mass is 9.95. The topological polar surface area (TPSA) is 81.9 Å². The first-order valence-electron chi connectivity index (χ1n) is 7.76. The molecule has 134 valence electrons. The molecule has 2 aromatic carbocycles. The maximum atomic E-state index is 12.9. The Bertz CT molecular complexity index is 860. The van der Waals surface area contributed by atoms with Crippen molar-refractivity contribution >= 4 is 22.4 Å². The summed E-state index contributed by atoms with van der Waals surface area (Å²) in [7, 11) is -3.62. The highest BCUT2D eigenvalue weighted by Crippen LogP contribution is 2.36. The molecular weight excluding hydrogens is 364 g/mol. The Hall–Kier alpha value is -1.80. The molecule has 0 spiro atoms. The summed E-state index contributed by atoms with van der Waals surface area (Å²) in [4.78, 5) is 0.202. The van der Waals surface area contributed by atoms with Gasteiger partial charge in [-0.2, -0.15) is 4.31 Å². The van der Waals surface area contributed by atoms with E-state index in [-0.39, 0.29) is 36.1 Å². The zero-order valence-corrected chi connectivity index (χ0v) is 15.0. The van der Waals surface area contributed by atoms with Crippen molar-refractivity contribution in [2.45, 2.75) is 16.9 Å². The molecule has 2 aliphatic rings. The minimum Gasteiger partial charge on any atom is -0.454 e. The molecule has 0 aromatic heterocycles. The van der Waals surface area contributed by atoms with Gasteiger partial charge in [0.15, 0.2) is 11.5 Å². The summed E-state index contributed by atoms with van der Waals surface area (Å²) in [6, 6.07) is 14.3. The van der Waals surface area contributed by atoms with Gasteiger partial charge in [0.1, 0.15) is 0 Å². The first kappa shape index (κ1) is 18.0. The second-order valence-electron chi connectivity index (χ2n) is 6.02. The largest absolute Gasteiger partial charge is 0.454 e. The predicted molar refractivity (Wildman–Crippen MR) is 95.7 cm³/mol. The fourth-order valence-electron chi connectivity index (χ4n) is 3.23. The van der Waals surface area contributed by atoms with E-state index in [2.05, 4.69) is 0 Å². The molecule has 0 saturated carbocycles. The minimum atomic E-state index is -3.62. The van der Waals surface area contributed by atoms with Crippen molar-refractivity contribution in [1.82, 2.24) is 4.31 Å². The van der Waals surface area contributed by atoms with Gasteiger partial charge in [-0.1, -0.05) is 30.3 Å². The van der Waals surface area contributed by atoms with E-state index in [0.29, 0.717) is 24.6 Å². The average molecular weight is 383 g/mol. The van der Waals surface area contributed by atoms with Gasteiger partial charge in [-0.3, -0.25) is 0 Å². The summed E-state index contributed by atoms with van der Waals surface area (Å²) in [5, 5.41) is 0. The molecule has 2 aromatic rings. The van der Waals surface area contributed by atoms with Crippen LogP contribution in [0.5, 0.6) is 11.5 Å². The Balaban J connectivity index is 0.00000182. The number of nitrogens with two attached hydrogens (primary N) is 1. The lowest BCUT2D eigenvalue weighted by molar-refractivity contribution is 0.174. The number of sulfonamides is 1. The van der Waals surface area contributed by atoms with Gasteiger partial charge in [-0.05, 0) is 17.7 Å². The lowest BCUT2D eigenvalue weighted by Crippen LogP contribution is -2.32. The molecule has 0 bridgehead atoms. The van der Waals surface area contributed by atoms with E-state index in [1.54, 1.807) is 12.1 Å². The lowest BCUT2D eigenvalue weighted by Gasteiger charge is -2.17. The number of hydrogen-bond donors (Lipinski definition) is 1. The smallest absolute Gasteiger partial charge is 0.243 e. The van der Waals surface area contributed by atoms with Crippen molar-refractivity contribution in [2.24, 2.45) is 5.73 Å². The molecule has 0 amide bonds.